The van der Waals surface area contributed by atoms with E-state index in [1.54, 1.807) is 6.92 Å². The van der Waals surface area contributed by atoms with Gasteiger partial charge >= 0.3 is 5.91 Å². The Morgan fingerprint density at radius 2 is 2.21 bits per heavy atom. The molecule has 0 saturated heterocycles. The van der Waals surface area contributed by atoms with E-state index in [1.165, 1.54) is 17.3 Å². The second-order valence-electron chi connectivity index (χ2n) is 4.31. The van der Waals surface area contributed by atoms with Gasteiger partial charge in [0.05, 0.1) is 6.20 Å². The van der Waals surface area contributed by atoms with Crippen LogP contribution in [-0.4, -0.2) is 17.4 Å². The lowest BCUT2D eigenvalue weighted by atomic mass is 10.1. The molecule has 5 heteroatoms. The van der Waals surface area contributed by atoms with Crippen LogP contribution in [0.15, 0.2) is 33.3 Å². The minimum absolute atomic E-state index is 0.114. The zero-order valence-electron chi connectivity index (χ0n) is 10.9. The van der Waals surface area contributed by atoms with E-state index < -0.39 is 0 Å². The molecular weight excluding hydrogens is 308 g/mol. The number of hydrogen-bond donors (Lipinski definition) is 1. The fourth-order valence-electron chi connectivity index (χ4n) is 1.77. The number of nitrogens with one attached hydrogen (secondary N) is 1. The maximum atomic E-state index is 11.7. The number of carbonyl (C=O) groups is 1. The number of halogens is 1. The summed E-state index contributed by atoms with van der Waals surface area (Å²) in [4.78, 5) is 15.6. The van der Waals surface area contributed by atoms with E-state index in [4.69, 9.17) is 4.42 Å². The van der Waals surface area contributed by atoms with Gasteiger partial charge in [-0.2, -0.15) is 0 Å². The fourth-order valence-corrected chi connectivity index (χ4v) is 2.18. The molecule has 0 aliphatic carbocycles. The quantitative estimate of drug-likeness (QED) is 0.941. The molecule has 19 heavy (non-hydrogen) atoms. The number of oxazole rings is 1. The van der Waals surface area contributed by atoms with E-state index in [0.717, 1.165) is 10.9 Å². The first-order chi connectivity index (χ1) is 9.08. The molecule has 0 saturated carbocycles. The highest BCUT2D eigenvalue weighted by Crippen LogP contribution is 2.19. The molecule has 0 radical (unpaired) electrons. The average molecular weight is 323 g/mol. The van der Waals surface area contributed by atoms with Gasteiger partial charge in [0.2, 0.25) is 0 Å². The Kier molecular flexibility index (Phi) is 4.37. The van der Waals surface area contributed by atoms with Crippen LogP contribution in [-0.2, 0) is 6.42 Å². The number of amides is 1. The number of aryl methyl sites for hydroxylation is 1. The van der Waals surface area contributed by atoms with E-state index in [9.17, 15) is 4.79 Å². The number of benzene rings is 1. The summed E-state index contributed by atoms with van der Waals surface area (Å²) >= 11 is 3.49. The Morgan fingerprint density at radius 1 is 1.42 bits per heavy atom. The Bertz CT molecular complexity index is 593. The van der Waals surface area contributed by atoms with Gasteiger partial charge in [-0.25, -0.2) is 4.98 Å². The number of aromatic nitrogens is 1. The molecule has 0 unspecified atom stereocenters. The van der Waals surface area contributed by atoms with Crippen molar-refractivity contribution >= 4 is 21.8 Å². The SMILES string of the molecule is Cc1cnc(C(=O)NCCc2cccc(Br)c2C)o1. The van der Waals surface area contributed by atoms with E-state index in [0.29, 0.717) is 12.3 Å². The molecule has 100 valence electrons. The first-order valence-corrected chi connectivity index (χ1v) is 6.82. The van der Waals surface area contributed by atoms with E-state index in [2.05, 4.69) is 39.2 Å². The van der Waals surface area contributed by atoms with Crippen LogP contribution in [0.1, 0.15) is 27.6 Å². The first kappa shape index (κ1) is 13.8. The van der Waals surface area contributed by atoms with Gasteiger partial charge in [0.1, 0.15) is 5.76 Å². The molecule has 1 aromatic carbocycles. The summed E-state index contributed by atoms with van der Waals surface area (Å²) in [5, 5.41) is 2.80. The van der Waals surface area contributed by atoms with Crippen molar-refractivity contribution in [1.29, 1.82) is 0 Å². The molecule has 0 aliphatic rings. The van der Waals surface area contributed by atoms with Crippen molar-refractivity contribution < 1.29 is 9.21 Å². The van der Waals surface area contributed by atoms with Crippen molar-refractivity contribution in [2.75, 3.05) is 6.54 Å². The van der Waals surface area contributed by atoms with Crippen molar-refractivity contribution in [3.05, 3.63) is 51.6 Å². The number of carbonyl (C=O) groups excluding carboxylic acids is 1. The Morgan fingerprint density at radius 3 is 2.89 bits per heavy atom. The third-order valence-electron chi connectivity index (χ3n) is 2.88. The molecule has 1 N–H and O–H groups in total. The molecule has 0 atom stereocenters. The van der Waals surface area contributed by atoms with Gasteiger partial charge < -0.3 is 9.73 Å². The zero-order valence-corrected chi connectivity index (χ0v) is 12.5. The summed E-state index contributed by atoms with van der Waals surface area (Å²) in [5.74, 6) is 0.470. The third kappa shape index (κ3) is 3.44. The van der Waals surface area contributed by atoms with Gasteiger partial charge in [-0.15, -0.1) is 0 Å². The standard InChI is InChI=1S/C14H15BrN2O2/c1-9-8-17-14(19-9)13(18)16-7-6-11-4-3-5-12(15)10(11)2/h3-5,8H,6-7H2,1-2H3,(H,16,18). The molecule has 0 aliphatic heterocycles. The molecule has 0 spiro atoms. The minimum atomic E-state index is -0.277. The summed E-state index contributed by atoms with van der Waals surface area (Å²) < 4.78 is 6.24. The van der Waals surface area contributed by atoms with Crippen LogP contribution in [0.3, 0.4) is 0 Å². The van der Waals surface area contributed by atoms with Crippen molar-refractivity contribution in [1.82, 2.24) is 10.3 Å². The molecular formula is C14H15BrN2O2. The van der Waals surface area contributed by atoms with Crippen molar-refractivity contribution in [2.45, 2.75) is 20.3 Å². The number of nitrogens with zero attached hydrogens (tertiary/aromatic N) is 1. The van der Waals surface area contributed by atoms with Gasteiger partial charge in [0.15, 0.2) is 0 Å². The monoisotopic (exact) mass is 322 g/mol. The highest BCUT2D eigenvalue weighted by molar-refractivity contribution is 9.10. The van der Waals surface area contributed by atoms with Crippen molar-refractivity contribution in [3.8, 4) is 0 Å². The highest BCUT2D eigenvalue weighted by Gasteiger charge is 2.11. The molecule has 2 rings (SSSR count). The fraction of sp³-hybridized carbons (Fsp3) is 0.286. The van der Waals surface area contributed by atoms with Crippen LogP contribution in [0.4, 0.5) is 0 Å². The minimum Gasteiger partial charge on any atom is -0.438 e. The van der Waals surface area contributed by atoms with Gasteiger partial charge in [-0.05, 0) is 37.5 Å². The Balaban J connectivity index is 1.90. The smallest absolute Gasteiger partial charge is 0.307 e. The maximum Gasteiger partial charge on any atom is 0.307 e. The van der Waals surface area contributed by atoms with Crippen LogP contribution in [0.5, 0.6) is 0 Å². The highest BCUT2D eigenvalue weighted by atomic mass is 79.9. The van der Waals surface area contributed by atoms with Crippen LogP contribution in [0, 0.1) is 13.8 Å². The topological polar surface area (TPSA) is 55.1 Å². The maximum absolute atomic E-state index is 11.7. The molecule has 0 bridgehead atoms. The van der Waals surface area contributed by atoms with Gasteiger partial charge in [0.25, 0.3) is 5.89 Å². The molecule has 0 fully saturated rings. The van der Waals surface area contributed by atoms with Gasteiger partial charge in [-0.1, -0.05) is 28.1 Å². The van der Waals surface area contributed by atoms with Crippen molar-refractivity contribution in [3.63, 3.8) is 0 Å². The lowest BCUT2D eigenvalue weighted by Gasteiger charge is -2.07. The third-order valence-corrected chi connectivity index (χ3v) is 3.73. The first-order valence-electron chi connectivity index (χ1n) is 6.02. The summed E-state index contributed by atoms with van der Waals surface area (Å²) in [5.41, 5.74) is 2.40. The molecule has 1 amide bonds. The number of hydrogen-bond acceptors (Lipinski definition) is 3. The predicted octanol–water partition coefficient (Wildman–Crippen LogP) is 3.03. The summed E-state index contributed by atoms with van der Waals surface area (Å²) in [6, 6.07) is 6.06. The lowest BCUT2D eigenvalue weighted by Crippen LogP contribution is -2.26. The zero-order chi connectivity index (χ0) is 13.8. The van der Waals surface area contributed by atoms with Crippen LogP contribution >= 0.6 is 15.9 Å². The molecule has 2 aromatic rings. The van der Waals surface area contributed by atoms with Crippen LogP contribution in [0.25, 0.3) is 0 Å². The van der Waals surface area contributed by atoms with E-state index >= 15 is 0 Å². The predicted molar refractivity (Wildman–Crippen MR) is 76.2 cm³/mol. The average Bonchev–Trinajstić information content (AvgIpc) is 2.81. The van der Waals surface area contributed by atoms with Crippen LogP contribution < -0.4 is 5.32 Å². The summed E-state index contributed by atoms with van der Waals surface area (Å²) in [6.45, 7) is 4.37. The number of rotatable bonds is 4. The second-order valence-corrected chi connectivity index (χ2v) is 5.16. The van der Waals surface area contributed by atoms with Gasteiger partial charge in [0, 0.05) is 11.0 Å². The van der Waals surface area contributed by atoms with Crippen molar-refractivity contribution in [2.24, 2.45) is 0 Å². The van der Waals surface area contributed by atoms with E-state index in [-0.39, 0.29) is 11.8 Å². The Labute approximate surface area is 120 Å². The van der Waals surface area contributed by atoms with E-state index in [1.807, 2.05) is 12.1 Å². The van der Waals surface area contributed by atoms with Crippen LogP contribution in [0.2, 0.25) is 0 Å². The van der Waals surface area contributed by atoms with Gasteiger partial charge in [-0.3, -0.25) is 4.79 Å². The largest absolute Gasteiger partial charge is 0.438 e. The summed E-state index contributed by atoms with van der Waals surface area (Å²) in [6.07, 6.45) is 2.31. The molecule has 1 aromatic heterocycles. The Hall–Kier alpha value is -1.62. The lowest BCUT2D eigenvalue weighted by molar-refractivity contribution is 0.0918. The molecule has 4 nitrogen and oxygen atoms in total. The second kappa shape index (κ2) is 6.02. The molecule has 1 heterocycles. The normalized spacial score (nSPS) is 10.5. The summed E-state index contributed by atoms with van der Waals surface area (Å²) in [7, 11) is 0.